The zero-order valence-electron chi connectivity index (χ0n) is 11.2. The monoisotopic (exact) mass is 298 g/mol. The lowest BCUT2D eigenvalue weighted by atomic mass is 10.0. The van der Waals surface area contributed by atoms with E-state index < -0.39 is 0 Å². The largest absolute Gasteiger partial charge is 0.371 e. The summed E-state index contributed by atoms with van der Waals surface area (Å²) >= 11 is 3.54. The van der Waals surface area contributed by atoms with Crippen LogP contribution in [0.2, 0.25) is 0 Å². The number of nitrogens with two attached hydrogens (primary N) is 1. The summed E-state index contributed by atoms with van der Waals surface area (Å²) in [5.74, 6) is 0. The average Bonchev–Trinajstić information content (AvgIpc) is 2.29. The molecule has 0 saturated carbocycles. The maximum absolute atomic E-state index is 6.04. The fourth-order valence-corrected chi connectivity index (χ4v) is 2.59. The van der Waals surface area contributed by atoms with E-state index in [4.69, 9.17) is 5.73 Å². The Bertz CT molecular complexity index is 359. The Kier molecular flexibility index (Phi) is 5.47. The van der Waals surface area contributed by atoms with Crippen LogP contribution in [-0.4, -0.2) is 13.1 Å². The Morgan fingerprint density at radius 2 is 1.88 bits per heavy atom. The van der Waals surface area contributed by atoms with Gasteiger partial charge in [-0.05, 0) is 37.5 Å². The highest BCUT2D eigenvalue weighted by molar-refractivity contribution is 9.10. The second-order valence-corrected chi connectivity index (χ2v) is 5.49. The van der Waals surface area contributed by atoms with Crippen LogP contribution in [0.25, 0.3) is 0 Å². The second kappa shape index (κ2) is 6.41. The summed E-state index contributed by atoms with van der Waals surface area (Å²) < 4.78 is 1.11. The van der Waals surface area contributed by atoms with E-state index in [0.29, 0.717) is 6.04 Å². The van der Waals surface area contributed by atoms with Crippen molar-refractivity contribution in [1.82, 2.24) is 0 Å². The molecule has 1 aromatic carbocycles. The molecule has 0 heterocycles. The Labute approximate surface area is 113 Å². The molecule has 1 aromatic rings. The lowest BCUT2D eigenvalue weighted by Gasteiger charge is -2.31. The van der Waals surface area contributed by atoms with Gasteiger partial charge in [0.15, 0.2) is 0 Å². The molecule has 0 saturated heterocycles. The molecule has 0 amide bonds. The van der Waals surface area contributed by atoms with Gasteiger partial charge in [0.25, 0.3) is 0 Å². The minimum Gasteiger partial charge on any atom is -0.371 e. The summed E-state index contributed by atoms with van der Waals surface area (Å²) in [6.07, 6.45) is 2.30. The SMILES string of the molecule is CCC(CC)N(C)c1cc(Br)ccc1C(C)N. The van der Waals surface area contributed by atoms with Gasteiger partial charge in [-0.2, -0.15) is 0 Å². The fourth-order valence-electron chi connectivity index (χ4n) is 2.24. The third-order valence-electron chi connectivity index (χ3n) is 3.35. The van der Waals surface area contributed by atoms with Crippen molar-refractivity contribution in [3.63, 3.8) is 0 Å². The van der Waals surface area contributed by atoms with Crippen LogP contribution >= 0.6 is 15.9 Å². The quantitative estimate of drug-likeness (QED) is 0.887. The van der Waals surface area contributed by atoms with Crippen molar-refractivity contribution in [2.24, 2.45) is 5.73 Å². The van der Waals surface area contributed by atoms with Gasteiger partial charge >= 0.3 is 0 Å². The van der Waals surface area contributed by atoms with Crippen molar-refractivity contribution >= 4 is 21.6 Å². The predicted molar refractivity (Wildman–Crippen MR) is 79.5 cm³/mol. The minimum atomic E-state index is 0.0647. The molecule has 0 aliphatic heterocycles. The summed E-state index contributed by atoms with van der Waals surface area (Å²) in [5, 5.41) is 0. The first-order chi connectivity index (χ1) is 8.01. The summed E-state index contributed by atoms with van der Waals surface area (Å²) in [4.78, 5) is 2.35. The zero-order valence-corrected chi connectivity index (χ0v) is 12.8. The standard InChI is InChI=1S/C14H23BrN2/c1-5-12(6-2)17(4)14-9-11(15)7-8-13(14)10(3)16/h7-10,12H,5-6,16H2,1-4H3. The van der Waals surface area contributed by atoms with Gasteiger partial charge < -0.3 is 10.6 Å². The van der Waals surface area contributed by atoms with Crippen LogP contribution in [0, 0.1) is 0 Å². The van der Waals surface area contributed by atoms with Crippen LogP contribution in [0.4, 0.5) is 5.69 Å². The molecule has 0 radical (unpaired) electrons. The smallest absolute Gasteiger partial charge is 0.0425 e. The molecule has 2 N–H and O–H groups in total. The normalized spacial score (nSPS) is 12.9. The highest BCUT2D eigenvalue weighted by Gasteiger charge is 2.16. The van der Waals surface area contributed by atoms with E-state index in [1.165, 1.54) is 11.3 Å². The Balaban J connectivity index is 3.13. The molecule has 1 rings (SSSR count). The Hall–Kier alpha value is -0.540. The number of anilines is 1. The second-order valence-electron chi connectivity index (χ2n) is 4.57. The third kappa shape index (κ3) is 3.46. The van der Waals surface area contributed by atoms with E-state index in [-0.39, 0.29) is 6.04 Å². The summed E-state index contributed by atoms with van der Waals surface area (Å²) in [7, 11) is 2.16. The molecular weight excluding hydrogens is 276 g/mol. The molecule has 2 nitrogen and oxygen atoms in total. The van der Waals surface area contributed by atoms with Crippen LogP contribution in [0.3, 0.4) is 0 Å². The first-order valence-corrected chi connectivity index (χ1v) is 7.08. The summed E-state index contributed by atoms with van der Waals surface area (Å²) in [6.45, 7) is 6.50. The van der Waals surface area contributed by atoms with Gasteiger partial charge in [-0.1, -0.05) is 35.8 Å². The molecule has 0 spiro atoms. The van der Waals surface area contributed by atoms with Crippen molar-refractivity contribution in [3.8, 4) is 0 Å². The van der Waals surface area contributed by atoms with Crippen molar-refractivity contribution in [3.05, 3.63) is 28.2 Å². The molecule has 1 unspecified atom stereocenters. The summed E-state index contributed by atoms with van der Waals surface area (Å²) in [5.41, 5.74) is 8.49. The number of halogens is 1. The lowest BCUT2D eigenvalue weighted by Crippen LogP contribution is -2.31. The number of hydrogen-bond acceptors (Lipinski definition) is 2. The van der Waals surface area contributed by atoms with E-state index in [0.717, 1.165) is 17.3 Å². The number of nitrogens with zero attached hydrogens (tertiary/aromatic N) is 1. The molecule has 0 bridgehead atoms. The van der Waals surface area contributed by atoms with Gasteiger partial charge in [-0.3, -0.25) is 0 Å². The van der Waals surface area contributed by atoms with Crippen molar-refractivity contribution in [2.75, 3.05) is 11.9 Å². The first-order valence-electron chi connectivity index (χ1n) is 6.29. The van der Waals surface area contributed by atoms with Crippen molar-refractivity contribution in [1.29, 1.82) is 0 Å². The number of rotatable bonds is 5. The molecule has 1 atom stereocenters. The molecule has 0 aliphatic carbocycles. The van der Waals surface area contributed by atoms with Crippen LogP contribution in [0.5, 0.6) is 0 Å². The Morgan fingerprint density at radius 3 is 2.35 bits per heavy atom. The van der Waals surface area contributed by atoms with Gasteiger partial charge in [0, 0.05) is 29.3 Å². The number of hydrogen-bond donors (Lipinski definition) is 1. The first kappa shape index (κ1) is 14.5. The molecule has 0 aromatic heterocycles. The van der Waals surface area contributed by atoms with E-state index in [1.807, 2.05) is 6.92 Å². The van der Waals surface area contributed by atoms with E-state index in [9.17, 15) is 0 Å². The minimum absolute atomic E-state index is 0.0647. The fraction of sp³-hybridized carbons (Fsp3) is 0.571. The molecule has 96 valence electrons. The van der Waals surface area contributed by atoms with Crippen molar-refractivity contribution in [2.45, 2.75) is 45.7 Å². The van der Waals surface area contributed by atoms with Crippen molar-refractivity contribution < 1.29 is 0 Å². The van der Waals surface area contributed by atoms with Crippen LogP contribution in [0.15, 0.2) is 22.7 Å². The molecule has 0 aliphatic rings. The van der Waals surface area contributed by atoms with E-state index in [2.05, 4.69) is 59.9 Å². The molecule has 17 heavy (non-hydrogen) atoms. The van der Waals surface area contributed by atoms with E-state index >= 15 is 0 Å². The molecular formula is C14H23BrN2. The lowest BCUT2D eigenvalue weighted by molar-refractivity contribution is 0.588. The van der Waals surface area contributed by atoms with Crippen LogP contribution in [-0.2, 0) is 0 Å². The van der Waals surface area contributed by atoms with Crippen LogP contribution < -0.4 is 10.6 Å². The van der Waals surface area contributed by atoms with E-state index in [1.54, 1.807) is 0 Å². The molecule has 3 heteroatoms. The van der Waals surface area contributed by atoms with Gasteiger partial charge in [0.05, 0.1) is 0 Å². The molecule has 0 fully saturated rings. The van der Waals surface area contributed by atoms with Crippen LogP contribution in [0.1, 0.15) is 45.2 Å². The average molecular weight is 299 g/mol. The Morgan fingerprint density at radius 1 is 1.29 bits per heavy atom. The van der Waals surface area contributed by atoms with Gasteiger partial charge in [-0.15, -0.1) is 0 Å². The number of benzene rings is 1. The highest BCUT2D eigenvalue weighted by atomic mass is 79.9. The predicted octanol–water partition coefficient (Wildman–Crippen LogP) is 4.09. The van der Waals surface area contributed by atoms with Gasteiger partial charge in [-0.25, -0.2) is 0 Å². The zero-order chi connectivity index (χ0) is 13.0. The summed E-state index contributed by atoms with van der Waals surface area (Å²) in [6, 6.07) is 6.97. The highest BCUT2D eigenvalue weighted by Crippen LogP contribution is 2.30. The maximum Gasteiger partial charge on any atom is 0.0425 e. The topological polar surface area (TPSA) is 29.3 Å². The van der Waals surface area contributed by atoms with Gasteiger partial charge in [0.2, 0.25) is 0 Å². The maximum atomic E-state index is 6.04. The third-order valence-corrected chi connectivity index (χ3v) is 3.85. The van der Waals surface area contributed by atoms with Gasteiger partial charge in [0.1, 0.15) is 0 Å².